The molecule has 0 spiro atoms. The molecule has 0 aliphatic carbocycles. The molecule has 2 aromatic carbocycles. The third kappa shape index (κ3) is 4.89. The molecule has 3 aromatic rings. The predicted octanol–water partition coefficient (Wildman–Crippen LogP) is 5.37. The van der Waals surface area contributed by atoms with Crippen LogP contribution in [-0.4, -0.2) is 26.6 Å². The maximum Gasteiger partial charge on any atom is 0.263 e. The highest BCUT2D eigenvalue weighted by atomic mass is 32.2. The van der Waals surface area contributed by atoms with Crippen LogP contribution in [0.4, 0.5) is 0 Å². The smallest absolute Gasteiger partial charge is 0.263 e. The maximum absolute atomic E-state index is 12.2. The van der Waals surface area contributed by atoms with Crippen molar-refractivity contribution in [2.24, 2.45) is 5.92 Å². The first-order chi connectivity index (χ1) is 14.9. The van der Waals surface area contributed by atoms with Gasteiger partial charge in [-0.05, 0) is 54.8 Å². The third-order valence-corrected chi connectivity index (χ3v) is 5.88. The van der Waals surface area contributed by atoms with Gasteiger partial charge in [0.25, 0.3) is 5.91 Å². The Morgan fingerprint density at radius 2 is 2.00 bits per heavy atom. The van der Waals surface area contributed by atoms with Crippen molar-refractivity contribution in [2.45, 2.75) is 20.8 Å². The van der Waals surface area contributed by atoms with Gasteiger partial charge in [0.1, 0.15) is 15.8 Å². The topological polar surface area (TPSA) is 56.2 Å². The van der Waals surface area contributed by atoms with Gasteiger partial charge in [0.2, 0.25) is 0 Å². The molecule has 1 N–H and O–H groups in total. The van der Waals surface area contributed by atoms with Crippen LogP contribution in [0.5, 0.6) is 5.75 Å². The highest BCUT2D eigenvalue weighted by Gasteiger charge is 2.23. The Morgan fingerprint density at radius 3 is 2.65 bits per heavy atom. The van der Waals surface area contributed by atoms with E-state index in [1.54, 1.807) is 0 Å². The fourth-order valence-corrected chi connectivity index (χ4v) is 4.24. The van der Waals surface area contributed by atoms with Crippen LogP contribution in [0.3, 0.4) is 0 Å². The molecule has 5 nitrogen and oxygen atoms in total. The van der Waals surface area contributed by atoms with Crippen molar-refractivity contribution in [3.05, 3.63) is 70.8 Å². The molecule has 1 fully saturated rings. The van der Waals surface area contributed by atoms with E-state index in [-0.39, 0.29) is 5.91 Å². The largest absolute Gasteiger partial charge is 0.493 e. The molecule has 0 unspecified atom stereocenters. The van der Waals surface area contributed by atoms with Gasteiger partial charge >= 0.3 is 0 Å². The van der Waals surface area contributed by atoms with Crippen molar-refractivity contribution in [1.82, 2.24) is 15.1 Å². The summed E-state index contributed by atoms with van der Waals surface area (Å²) in [5.41, 5.74) is 4.59. The molecular weight excluding hydrogens is 426 g/mol. The third-order valence-electron chi connectivity index (χ3n) is 4.71. The molecule has 0 radical (unpaired) electrons. The maximum atomic E-state index is 12.2. The number of thioether (sulfide) groups is 1. The highest BCUT2D eigenvalue weighted by Crippen LogP contribution is 2.32. The lowest BCUT2D eigenvalue weighted by atomic mass is 10.0. The lowest BCUT2D eigenvalue weighted by Crippen LogP contribution is -2.17. The zero-order valence-electron chi connectivity index (χ0n) is 17.6. The summed E-state index contributed by atoms with van der Waals surface area (Å²) in [4.78, 5) is 12.8. The number of nitrogens with zero attached hydrogens (tertiary/aromatic N) is 2. The Kier molecular flexibility index (Phi) is 6.25. The molecule has 1 aliphatic rings. The summed E-state index contributed by atoms with van der Waals surface area (Å²) in [6, 6.07) is 16.0. The average molecular weight is 450 g/mol. The molecule has 0 saturated carbocycles. The van der Waals surface area contributed by atoms with E-state index in [2.05, 4.69) is 25.2 Å². The second kappa shape index (κ2) is 9.08. The van der Waals surface area contributed by atoms with Crippen LogP contribution in [0.15, 0.2) is 59.6 Å². The van der Waals surface area contributed by atoms with Crippen molar-refractivity contribution >= 4 is 40.3 Å². The van der Waals surface area contributed by atoms with Crippen LogP contribution >= 0.6 is 24.0 Å². The number of amides is 1. The fraction of sp³-hybridized carbons (Fsp3) is 0.208. The number of hydrogen-bond acceptors (Lipinski definition) is 5. The van der Waals surface area contributed by atoms with Gasteiger partial charge in [0.05, 0.1) is 17.2 Å². The van der Waals surface area contributed by atoms with E-state index in [1.807, 2.05) is 66.3 Å². The van der Waals surface area contributed by atoms with Crippen molar-refractivity contribution < 1.29 is 9.53 Å². The molecule has 1 saturated heterocycles. The number of carbonyl (C=O) groups excluding carboxylic acids is 1. The van der Waals surface area contributed by atoms with E-state index >= 15 is 0 Å². The van der Waals surface area contributed by atoms with E-state index in [1.165, 1.54) is 11.8 Å². The number of hydrogen-bond donors (Lipinski definition) is 1. The van der Waals surface area contributed by atoms with Gasteiger partial charge in [0, 0.05) is 17.3 Å². The Bertz CT molecular complexity index is 1170. The molecule has 2 heterocycles. The molecule has 1 aromatic heterocycles. The van der Waals surface area contributed by atoms with Crippen LogP contribution in [0, 0.1) is 12.8 Å². The number of aryl methyl sites for hydroxylation is 1. The van der Waals surface area contributed by atoms with Gasteiger partial charge in [-0.25, -0.2) is 4.68 Å². The molecule has 7 heteroatoms. The van der Waals surface area contributed by atoms with E-state index < -0.39 is 0 Å². The first kappa shape index (κ1) is 21.3. The van der Waals surface area contributed by atoms with Crippen LogP contribution in [0.1, 0.15) is 25.0 Å². The molecular formula is C24H23N3O2S2. The van der Waals surface area contributed by atoms with Gasteiger partial charge in [0.15, 0.2) is 0 Å². The van der Waals surface area contributed by atoms with Crippen LogP contribution < -0.4 is 10.1 Å². The number of ether oxygens (including phenoxy) is 1. The number of aromatic nitrogens is 2. The minimum atomic E-state index is -0.179. The van der Waals surface area contributed by atoms with E-state index in [0.717, 1.165) is 33.8 Å². The normalized spacial score (nSPS) is 15.0. The second-order valence-corrected chi connectivity index (χ2v) is 9.47. The lowest BCUT2D eigenvalue weighted by molar-refractivity contribution is -0.115. The van der Waals surface area contributed by atoms with Crippen molar-refractivity contribution in [3.8, 4) is 22.7 Å². The number of para-hydroxylation sites is 1. The Labute approximate surface area is 191 Å². The summed E-state index contributed by atoms with van der Waals surface area (Å²) < 4.78 is 8.22. The second-order valence-electron chi connectivity index (χ2n) is 7.75. The summed E-state index contributed by atoms with van der Waals surface area (Å²) >= 11 is 6.39. The molecule has 0 atom stereocenters. The van der Waals surface area contributed by atoms with Gasteiger partial charge in [-0.2, -0.15) is 5.10 Å². The minimum Gasteiger partial charge on any atom is -0.493 e. The lowest BCUT2D eigenvalue weighted by Gasteiger charge is -2.12. The first-order valence-corrected chi connectivity index (χ1v) is 11.3. The van der Waals surface area contributed by atoms with Crippen LogP contribution in [0.25, 0.3) is 23.0 Å². The van der Waals surface area contributed by atoms with E-state index in [4.69, 9.17) is 22.1 Å². The molecule has 4 rings (SSSR count). The zero-order valence-corrected chi connectivity index (χ0v) is 19.2. The summed E-state index contributed by atoms with van der Waals surface area (Å²) in [7, 11) is 0. The summed E-state index contributed by atoms with van der Waals surface area (Å²) in [6.07, 6.45) is 3.78. The number of thiocarbonyl (C=S) groups is 1. The standard InChI is InChI=1S/C24H23N3O2S2/c1-15(2)14-29-20-10-9-17(11-16(20)3)22-18(12-21-23(28)25-24(30)31-21)13-27(26-22)19-7-5-4-6-8-19/h4-13,15H,14H2,1-3H3,(H,25,28,30)/b21-12-. The number of nitrogens with one attached hydrogen (secondary N) is 1. The van der Waals surface area contributed by atoms with Gasteiger partial charge in [-0.1, -0.05) is 56.0 Å². The Balaban J connectivity index is 1.76. The molecule has 0 bridgehead atoms. The Hall–Kier alpha value is -2.90. The fourth-order valence-electron chi connectivity index (χ4n) is 3.21. The molecule has 1 amide bonds. The van der Waals surface area contributed by atoms with Gasteiger partial charge in [-0.15, -0.1) is 0 Å². The van der Waals surface area contributed by atoms with Gasteiger partial charge in [-0.3, -0.25) is 4.79 Å². The molecule has 158 valence electrons. The Morgan fingerprint density at radius 1 is 1.23 bits per heavy atom. The SMILES string of the molecule is Cc1cc(-c2nn(-c3ccccc3)cc2/C=C2\SC(=S)NC2=O)ccc1OCC(C)C. The first-order valence-electron chi connectivity index (χ1n) is 10.0. The van der Waals surface area contributed by atoms with Crippen LogP contribution in [-0.2, 0) is 4.79 Å². The zero-order chi connectivity index (χ0) is 22.0. The molecule has 31 heavy (non-hydrogen) atoms. The number of carbonyl (C=O) groups is 1. The van der Waals surface area contributed by atoms with Crippen molar-refractivity contribution in [2.75, 3.05) is 6.61 Å². The number of rotatable bonds is 6. The van der Waals surface area contributed by atoms with Gasteiger partial charge < -0.3 is 10.1 Å². The minimum absolute atomic E-state index is 0.179. The molecule has 1 aliphatic heterocycles. The van der Waals surface area contributed by atoms with Crippen molar-refractivity contribution in [3.63, 3.8) is 0 Å². The predicted molar refractivity (Wildman–Crippen MR) is 130 cm³/mol. The van der Waals surface area contributed by atoms with Crippen LogP contribution in [0.2, 0.25) is 0 Å². The van der Waals surface area contributed by atoms with Crippen molar-refractivity contribution in [1.29, 1.82) is 0 Å². The summed E-state index contributed by atoms with van der Waals surface area (Å²) in [5.74, 6) is 1.15. The highest BCUT2D eigenvalue weighted by molar-refractivity contribution is 8.26. The summed E-state index contributed by atoms with van der Waals surface area (Å²) in [6.45, 7) is 6.96. The number of benzene rings is 2. The quantitative estimate of drug-likeness (QED) is 0.405. The van der Waals surface area contributed by atoms with E-state index in [0.29, 0.717) is 21.8 Å². The average Bonchev–Trinajstić information content (AvgIpc) is 3.30. The monoisotopic (exact) mass is 449 g/mol. The van der Waals surface area contributed by atoms with E-state index in [9.17, 15) is 4.79 Å². The summed E-state index contributed by atoms with van der Waals surface area (Å²) in [5, 5.41) is 7.51.